The molecule has 0 amide bonds. The molecule has 0 atom stereocenters. The van der Waals surface area contributed by atoms with E-state index in [1.165, 1.54) is 38.5 Å². The molecule has 1 aliphatic rings. The fourth-order valence-electron chi connectivity index (χ4n) is 1.28. The van der Waals surface area contributed by atoms with Crippen LogP contribution in [0.15, 0.2) is 61.8 Å². The van der Waals surface area contributed by atoms with E-state index in [1.807, 2.05) is 0 Å². The molecule has 0 saturated heterocycles. The van der Waals surface area contributed by atoms with E-state index < -0.39 is 0 Å². The van der Waals surface area contributed by atoms with Crippen LogP contribution in [0.5, 0.6) is 0 Å². The molecule has 88 valence electrons. The van der Waals surface area contributed by atoms with Crippen molar-refractivity contribution < 1.29 is 0 Å². The van der Waals surface area contributed by atoms with E-state index in [9.17, 15) is 0 Å². The molecule has 0 bridgehead atoms. The molecule has 0 aliphatic heterocycles. The summed E-state index contributed by atoms with van der Waals surface area (Å²) in [7, 11) is 0. The lowest BCUT2D eigenvalue weighted by molar-refractivity contribution is 0.962. The van der Waals surface area contributed by atoms with Crippen LogP contribution in [0.1, 0.15) is 38.5 Å². The summed E-state index contributed by atoms with van der Waals surface area (Å²) in [5.41, 5.74) is 0. The number of allylic oxidation sites excluding steroid dienone is 8. The zero-order valence-electron chi connectivity index (χ0n) is 10.3. The smallest absolute Gasteiger partial charge is 0.0316 e. The Hall–Kier alpha value is -1.30. The summed E-state index contributed by atoms with van der Waals surface area (Å²) < 4.78 is 0. The fourth-order valence-corrected chi connectivity index (χ4v) is 1.28. The summed E-state index contributed by atoms with van der Waals surface area (Å²) >= 11 is 0. The molecule has 0 radical (unpaired) electrons. The summed E-state index contributed by atoms with van der Waals surface area (Å²) in [5, 5.41) is 0. The predicted octanol–water partition coefficient (Wildman–Crippen LogP) is 5.37. The van der Waals surface area contributed by atoms with E-state index in [1.54, 1.807) is 12.2 Å². The van der Waals surface area contributed by atoms with E-state index in [0.29, 0.717) is 0 Å². The van der Waals surface area contributed by atoms with Crippen LogP contribution >= 0.6 is 0 Å². The van der Waals surface area contributed by atoms with Crippen LogP contribution in [0.25, 0.3) is 0 Å². The van der Waals surface area contributed by atoms with E-state index in [0.717, 1.165) is 0 Å². The molecular formula is C16H24. The van der Waals surface area contributed by atoms with Gasteiger partial charge in [0.2, 0.25) is 0 Å². The van der Waals surface area contributed by atoms with Gasteiger partial charge < -0.3 is 0 Å². The number of hydrogen-bond donors (Lipinski definition) is 0. The molecule has 0 heterocycles. The van der Waals surface area contributed by atoms with Crippen molar-refractivity contribution in [1.82, 2.24) is 0 Å². The molecule has 16 heavy (non-hydrogen) atoms. The van der Waals surface area contributed by atoms with Crippen LogP contribution in [0.4, 0.5) is 0 Å². The molecule has 0 fully saturated rings. The Morgan fingerprint density at radius 3 is 0.812 bits per heavy atom. The van der Waals surface area contributed by atoms with Gasteiger partial charge in [0.25, 0.3) is 0 Å². The lowest BCUT2D eigenvalue weighted by Crippen LogP contribution is -1.71. The maximum absolute atomic E-state index is 3.36. The summed E-state index contributed by atoms with van der Waals surface area (Å²) in [6.45, 7) is 6.72. The first-order valence-electron chi connectivity index (χ1n) is 6.10. The van der Waals surface area contributed by atoms with E-state index >= 15 is 0 Å². The molecule has 1 rings (SSSR count). The Bertz CT molecular complexity index is 183. The highest BCUT2D eigenvalue weighted by Crippen LogP contribution is 2.02. The Morgan fingerprint density at radius 2 is 0.688 bits per heavy atom. The molecule has 0 aromatic heterocycles. The van der Waals surface area contributed by atoms with Gasteiger partial charge in [-0.1, -0.05) is 61.8 Å². The summed E-state index contributed by atoms with van der Waals surface area (Å²) in [4.78, 5) is 0. The van der Waals surface area contributed by atoms with E-state index in [4.69, 9.17) is 0 Å². The Labute approximate surface area is 101 Å². The number of rotatable bonds is 1. The maximum Gasteiger partial charge on any atom is -0.0316 e. The largest absolute Gasteiger partial charge is 0.0991 e. The standard InChI is InChI=1S/C12H18.C4H6/c1-2-4-6-8-10-12-11-9-7-5-3-1;1-3-4-2/h1-2,7-10H,3-6,11-12H2;3-4H,1-2H2/b2-1-,9-7+,10-8+;. The van der Waals surface area contributed by atoms with Gasteiger partial charge in [-0.2, -0.15) is 0 Å². The molecule has 0 spiro atoms. The third kappa shape index (κ3) is 12.7. The SMILES string of the molecule is C1=C\CC/C=C/CC/C=C/CC/1.C=CC=C. The van der Waals surface area contributed by atoms with Gasteiger partial charge in [0.1, 0.15) is 0 Å². The summed E-state index contributed by atoms with van der Waals surface area (Å²) in [5.74, 6) is 0. The van der Waals surface area contributed by atoms with Crippen LogP contribution in [0, 0.1) is 0 Å². The van der Waals surface area contributed by atoms with E-state index in [-0.39, 0.29) is 0 Å². The Morgan fingerprint density at radius 1 is 0.500 bits per heavy atom. The quantitative estimate of drug-likeness (QED) is 0.408. The van der Waals surface area contributed by atoms with Crippen LogP contribution in [0.2, 0.25) is 0 Å². The highest BCUT2D eigenvalue weighted by Gasteiger charge is 1.82. The Balaban J connectivity index is 0.000000487. The first-order chi connectivity index (χ1) is 7.91. The minimum absolute atomic E-state index is 1.21. The van der Waals surface area contributed by atoms with Gasteiger partial charge in [-0.25, -0.2) is 0 Å². The van der Waals surface area contributed by atoms with Crippen molar-refractivity contribution in [1.29, 1.82) is 0 Å². The number of hydrogen-bond acceptors (Lipinski definition) is 0. The van der Waals surface area contributed by atoms with Crippen LogP contribution in [-0.2, 0) is 0 Å². The molecule has 0 N–H and O–H groups in total. The molecule has 0 nitrogen and oxygen atoms in total. The van der Waals surface area contributed by atoms with Gasteiger partial charge >= 0.3 is 0 Å². The van der Waals surface area contributed by atoms with Crippen molar-refractivity contribution in [2.45, 2.75) is 38.5 Å². The van der Waals surface area contributed by atoms with Gasteiger partial charge in [-0.05, 0) is 38.5 Å². The molecule has 1 aliphatic carbocycles. The molecule has 0 heteroatoms. The van der Waals surface area contributed by atoms with Gasteiger partial charge in [0, 0.05) is 0 Å². The molecule has 0 aromatic carbocycles. The average molecular weight is 216 g/mol. The van der Waals surface area contributed by atoms with Crippen LogP contribution < -0.4 is 0 Å². The predicted molar refractivity (Wildman–Crippen MR) is 75.5 cm³/mol. The highest BCUT2D eigenvalue weighted by atomic mass is 13.9. The van der Waals surface area contributed by atoms with Crippen molar-refractivity contribution in [3.8, 4) is 0 Å². The van der Waals surface area contributed by atoms with Gasteiger partial charge in [0.05, 0.1) is 0 Å². The second kappa shape index (κ2) is 13.7. The van der Waals surface area contributed by atoms with Gasteiger partial charge in [-0.3, -0.25) is 0 Å². The van der Waals surface area contributed by atoms with Gasteiger partial charge in [0.15, 0.2) is 0 Å². The van der Waals surface area contributed by atoms with E-state index in [2.05, 4.69) is 49.6 Å². The summed E-state index contributed by atoms with van der Waals surface area (Å²) in [6.07, 6.45) is 24.3. The lowest BCUT2D eigenvalue weighted by atomic mass is 10.1. The average Bonchev–Trinajstić information content (AvgIpc) is 2.30. The normalized spacial score (nSPS) is 22.2. The molecular weight excluding hydrogens is 192 g/mol. The molecule has 0 unspecified atom stereocenters. The van der Waals surface area contributed by atoms with Crippen molar-refractivity contribution in [2.75, 3.05) is 0 Å². The van der Waals surface area contributed by atoms with Crippen molar-refractivity contribution >= 4 is 0 Å². The molecule has 0 saturated carbocycles. The van der Waals surface area contributed by atoms with Crippen molar-refractivity contribution in [3.63, 3.8) is 0 Å². The zero-order valence-corrected chi connectivity index (χ0v) is 10.3. The third-order valence-electron chi connectivity index (χ3n) is 2.17. The second-order valence-electron chi connectivity index (χ2n) is 3.62. The van der Waals surface area contributed by atoms with Crippen molar-refractivity contribution in [2.24, 2.45) is 0 Å². The monoisotopic (exact) mass is 216 g/mol. The minimum Gasteiger partial charge on any atom is -0.0991 e. The third-order valence-corrected chi connectivity index (χ3v) is 2.17. The fraction of sp³-hybridized carbons (Fsp3) is 0.375. The highest BCUT2D eigenvalue weighted by molar-refractivity contribution is 4.93. The maximum atomic E-state index is 3.36. The first-order valence-corrected chi connectivity index (χ1v) is 6.10. The Kier molecular flexibility index (Phi) is 12.6. The minimum atomic E-state index is 1.21. The topological polar surface area (TPSA) is 0 Å². The van der Waals surface area contributed by atoms with Gasteiger partial charge in [-0.15, -0.1) is 0 Å². The summed E-state index contributed by atoms with van der Waals surface area (Å²) in [6, 6.07) is 0. The van der Waals surface area contributed by atoms with Crippen molar-refractivity contribution in [3.05, 3.63) is 61.8 Å². The van der Waals surface area contributed by atoms with Crippen LogP contribution in [0.3, 0.4) is 0 Å². The first kappa shape index (κ1) is 14.7. The lowest BCUT2D eigenvalue weighted by Gasteiger charge is -1.92. The molecule has 0 aromatic rings. The van der Waals surface area contributed by atoms with Crippen LogP contribution in [-0.4, -0.2) is 0 Å². The second-order valence-corrected chi connectivity index (χ2v) is 3.62. The zero-order chi connectivity index (χ0) is 11.9.